The van der Waals surface area contributed by atoms with E-state index in [1.54, 1.807) is 4.90 Å². The lowest BCUT2D eigenvalue weighted by molar-refractivity contribution is -0.139. The number of carbonyl (C=O) groups excluding carboxylic acids is 1. The summed E-state index contributed by atoms with van der Waals surface area (Å²) < 4.78 is 0. The average Bonchev–Trinajstić information content (AvgIpc) is 2.38. The highest BCUT2D eigenvalue weighted by molar-refractivity contribution is 5.80. The molecule has 0 heterocycles. The molecule has 0 aromatic heterocycles. The van der Waals surface area contributed by atoms with Crippen LogP contribution in [0.5, 0.6) is 0 Å². The third-order valence-electron chi connectivity index (χ3n) is 3.35. The van der Waals surface area contributed by atoms with Crippen LogP contribution in [0.25, 0.3) is 0 Å². The molecule has 4 heteroatoms. The Morgan fingerprint density at radius 2 is 1.80 bits per heavy atom. The van der Waals surface area contributed by atoms with Crippen molar-refractivity contribution in [3.05, 3.63) is 35.4 Å². The summed E-state index contributed by atoms with van der Waals surface area (Å²) in [6.45, 7) is 6.14. The zero-order valence-electron chi connectivity index (χ0n) is 12.4. The Labute approximate surface area is 120 Å². The van der Waals surface area contributed by atoms with Gasteiger partial charge in [0.25, 0.3) is 0 Å². The number of benzene rings is 1. The molecule has 0 radical (unpaired) electrons. The number of rotatable bonds is 7. The summed E-state index contributed by atoms with van der Waals surface area (Å²) in [5.74, 6) is -0.889. The number of carboxylic acid groups (broad SMARTS) is 1. The van der Waals surface area contributed by atoms with E-state index in [0.29, 0.717) is 6.42 Å². The summed E-state index contributed by atoms with van der Waals surface area (Å²) in [5, 5.41) is 8.76. The molecule has 0 aliphatic rings. The summed E-state index contributed by atoms with van der Waals surface area (Å²) in [7, 11) is 0. The Morgan fingerprint density at radius 1 is 1.20 bits per heavy atom. The fraction of sp³-hybridized carbons (Fsp3) is 0.500. The number of aliphatic carboxylic acids is 1. The van der Waals surface area contributed by atoms with Crippen LogP contribution in [0.4, 0.5) is 0 Å². The quantitative estimate of drug-likeness (QED) is 0.833. The summed E-state index contributed by atoms with van der Waals surface area (Å²) in [6, 6.07) is 7.90. The van der Waals surface area contributed by atoms with Gasteiger partial charge >= 0.3 is 5.97 Å². The van der Waals surface area contributed by atoms with E-state index < -0.39 is 5.97 Å². The lowest BCUT2D eigenvalue weighted by Crippen LogP contribution is -2.39. The van der Waals surface area contributed by atoms with Crippen LogP contribution in [0.3, 0.4) is 0 Å². The highest BCUT2D eigenvalue weighted by Crippen LogP contribution is 2.13. The number of hydrogen-bond acceptors (Lipinski definition) is 2. The van der Waals surface area contributed by atoms with Gasteiger partial charge in [-0.1, -0.05) is 31.2 Å². The van der Waals surface area contributed by atoms with E-state index in [4.69, 9.17) is 5.11 Å². The van der Waals surface area contributed by atoms with E-state index in [1.165, 1.54) is 5.56 Å². The molecule has 0 saturated heterocycles. The van der Waals surface area contributed by atoms with Crippen molar-refractivity contribution >= 4 is 11.9 Å². The maximum atomic E-state index is 12.4. The van der Waals surface area contributed by atoms with Crippen molar-refractivity contribution < 1.29 is 14.7 Å². The van der Waals surface area contributed by atoms with E-state index in [-0.39, 0.29) is 24.9 Å². The molecule has 1 rings (SSSR count). The molecule has 110 valence electrons. The predicted molar refractivity (Wildman–Crippen MR) is 78.6 cm³/mol. The molecular weight excluding hydrogens is 254 g/mol. The molecule has 0 saturated carbocycles. The first-order valence-electron chi connectivity index (χ1n) is 7.03. The van der Waals surface area contributed by atoms with Gasteiger partial charge in [0, 0.05) is 12.6 Å². The third kappa shape index (κ3) is 4.68. The molecular formula is C16H23NO3. The first-order chi connectivity index (χ1) is 9.45. The number of aryl methyl sites for hydroxylation is 1. The van der Waals surface area contributed by atoms with Gasteiger partial charge in [0.2, 0.25) is 5.91 Å². The van der Waals surface area contributed by atoms with Crippen molar-refractivity contribution in [2.75, 3.05) is 6.54 Å². The number of carboxylic acids is 1. The number of carbonyl (C=O) groups is 2. The van der Waals surface area contributed by atoms with Crippen molar-refractivity contribution in [1.82, 2.24) is 4.90 Å². The second kappa shape index (κ2) is 7.68. The molecule has 20 heavy (non-hydrogen) atoms. The fourth-order valence-electron chi connectivity index (χ4n) is 2.23. The van der Waals surface area contributed by atoms with Gasteiger partial charge in [-0.15, -0.1) is 0 Å². The van der Waals surface area contributed by atoms with Crippen LogP contribution < -0.4 is 0 Å². The van der Waals surface area contributed by atoms with Crippen molar-refractivity contribution in [2.45, 2.75) is 46.1 Å². The van der Waals surface area contributed by atoms with Gasteiger partial charge in [0.1, 0.15) is 0 Å². The van der Waals surface area contributed by atoms with Gasteiger partial charge < -0.3 is 10.0 Å². The van der Waals surface area contributed by atoms with Crippen LogP contribution in [-0.4, -0.2) is 34.5 Å². The maximum Gasteiger partial charge on any atom is 0.305 e. The van der Waals surface area contributed by atoms with Crippen LogP contribution in [-0.2, 0) is 22.4 Å². The molecule has 0 atom stereocenters. The summed E-state index contributed by atoms with van der Waals surface area (Å²) in [4.78, 5) is 24.7. The molecule has 0 aliphatic heterocycles. The molecule has 1 aromatic carbocycles. The van der Waals surface area contributed by atoms with Crippen molar-refractivity contribution in [1.29, 1.82) is 0 Å². The van der Waals surface area contributed by atoms with Crippen LogP contribution in [0, 0.1) is 0 Å². The maximum absolute atomic E-state index is 12.4. The minimum atomic E-state index is -0.877. The van der Waals surface area contributed by atoms with Gasteiger partial charge in [0.15, 0.2) is 0 Å². The van der Waals surface area contributed by atoms with Gasteiger partial charge in [-0.25, -0.2) is 0 Å². The van der Waals surface area contributed by atoms with Crippen LogP contribution in [0.15, 0.2) is 24.3 Å². The van der Waals surface area contributed by atoms with Gasteiger partial charge in [-0.05, 0) is 31.4 Å². The van der Waals surface area contributed by atoms with Crippen LogP contribution in [0.1, 0.15) is 38.3 Å². The Balaban J connectivity index is 2.77. The first-order valence-corrected chi connectivity index (χ1v) is 7.03. The van der Waals surface area contributed by atoms with E-state index >= 15 is 0 Å². The Kier molecular flexibility index (Phi) is 6.22. The third-order valence-corrected chi connectivity index (χ3v) is 3.35. The minimum Gasteiger partial charge on any atom is -0.481 e. The molecule has 1 amide bonds. The molecule has 0 unspecified atom stereocenters. The number of hydrogen-bond donors (Lipinski definition) is 1. The molecule has 0 bridgehead atoms. The normalized spacial score (nSPS) is 10.6. The second-order valence-electron chi connectivity index (χ2n) is 5.12. The number of amides is 1. The van der Waals surface area contributed by atoms with E-state index in [9.17, 15) is 9.59 Å². The smallest absolute Gasteiger partial charge is 0.305 e. The predicted octanol–water partition coefficient (Wildman–Crippen LogP) is 2.50. The van der Waals surface area contributed by atoms with E-state index in [1.807, 2.05) is 38.1 Å². The summed E-state index contributed by atoms with van der Waals surface area (Å²) >= 11 is 0. The molecule has 1 N–H and O–H groups in total. The Bertz CT molecular complexity index is 469. The monoisotopic (exact) mass is 277 g/mol. The lowest BCUT2D eigenvalue weighted by atomic mass is 10.0. The van der Waals surface area contributed by atoms with Crippen molar-refractivity contribution in [2.24, 2.45) is 0 Å². The standard InChI is InChI=1S/C16H23NO3/c1-4-13-7-5-6-8-14(13)11-15(18)17(12(2)3)10-9-16(19)20/h5-8,12H,4,9-11H2,1-3H3,(H,19,20). The summed E-state index contributed by atoms with van der Waals surface area (Å²) in [6.07, 6.45) is 1.21. The van der Waals surface area contributed by atoms with E-state index in [0.717, 1.165) is 12.0 Å². The van der Waals surface area contributed by atoms with Crippen LogP contribution >= 0.6 is 0 Å². The average molecular weight is 277 g/mol. The first kappa shape index (κ1) is 16.2. The summed E-state index contributed by atoms with van der Waals surface area (Å²) in [5.41, 5.74) is 2.20. The van der Waals surface area contributed by atoms with Gasteiger partial charge in [-0.2, -0.15) is 0 Å². The van der Waals surface area contributed by atoms with Gasteiger partial charge in [-0.3, -0.25) is 9.59 Å². The zero-order valence-corrected chi connectivity index (χ0v) is 12.4. The van der Waals surface area contributed by atoms with E-state index in [2.05, 4.69) is 6.92 Å². The molecule has 1 aromatic rings. The van der Waals surface area contributed by atoms with Gasteiger partial charge in [0.05, 0.1) is 12.8 Å². The number of nitrogens with zero attached hydrogens (tertiary/aromatic N) is 1. The van der Waals surface area contributed by atoms with Crippen LogP contribution in [0.2, 0.25) is 0 Å². The Morgan fingerprint density at radius 3 is 2.30 bits per heavy atom. The second-order valence-corrected chi connectivity index (χ2v) is 5.12. The highest BCUT2D eigenvalue weighted by Gasteiger charge is 2.18. The highest BCUT2D eigenvalue weighted by atomic mass is 16.4. The topological polar surface area (TPSA) is 57.6 Å². The lowest BCUT2D eigenvalue weighted by Gasteiger charge is -2.26. The molecule has 0 aliphatic carbocycles. The largest absolute Gasteiger partial charge is 0.481 e. The molecule has 0 fully saturated rings. The SMILES string of the molecule is CCc1ccccc1CC(=O)N(CCC(=O)O)C(C)C. The Hall–Kier alpha value is -1.84. The molecule has 4 nitrogen and oxygen atoms in total. The van der Waals surface area contributed by atoms with Crippen molar-refractivity contribution in [3.63, 3.8) is 0 Å². The zero-order chi connectivity index (χ0) is 15.1. The minimum absolute atomic E-state index is 0.00985. The molecule has 0 spiro atoms. The van der Waals surface area contributed by atoms with Crippen molar-refractivity contribution in [3.8, 4) is 0 Å². The fourth-order valence-corrected chi connectivity index (χ4v) is 2.23.